The molecule has 1 atom stereocenters. The van der Waals surface area contributed by atoms with Gasteiger partial charge in [0.15, 0.2) is 0 Å². The van der Waals surface area contributed by atoms with E-state index in [1.54, 1.807) is 0 Å². The predicted molar refractivity (Wildman–Crippen MR) is 56.7 cm³/mol. The van der Waals surface area contributed by atoms with E-state index in [4.69, 9.17) is 10.1 Å². The van der Waals surface area contributed by atoms with Crippen LogP contribution >= 0.6 is 0 Å². The van der Waals surface area contributed by atoms with Crippen LogP contribution in [0, 0.1) is 5.41 Å². The quantitative estimate of drug-likeness (QED) is 0.733. The summed E-state index contributed by atoms with van der Waals surface area (Å²) in [5.74, 6) is 0.813. The standard InChI is InChI=1S/C11H20N2O/c1-11(6-4-8-14-11)9-13-7-3-2-5-10(13)12/h12H,2-9H2,1H3. The van der Waals surface area contributed by atoms with Gasteiger partial charge in [-0.05, 0) is 32.6 Å². The summed E-state index contributed by atoms with van der Waals surface area (Å²) >= 11 is 0. The van der Waals surface area contributed by atoms with E-state index in [-0.39, 0.29) is 5.60 Å². The third kappa shape index (κ3) is 2.08. The number of nitrogens with zero attached hydrogens (tertiary/aromatic N) is 1. The Bertz CT molecular complexity index is 221. The smallest absolute Gasteiger partial charge is 0.0958 e. The molecule has 0 aromatic carbocycles. The Hall–Kier alpha value is -0.570. The lowest BCUT2D eigenvalue weighted by molar-refractivity contribution is 0.00262. The molecule has 0 saturated carbocycles. The van der Waals surface area contributed by atoms with E-state index in [2.05, 4.69) is 11.8 Å². The lowest BCUT2D eigenvalue weighted by atomic mass is 10.00. The monoisotopic (exact) mass is 196 g/mol. The van der Waals surface area contributed by atoms with Gasteiger partial charge in [-0.2, -0.15) is 0 Å². The van der Waals surface area contributed by atoms with Crippen LogP contribution in [0.5, 0.6) is 0 Å². The van der Waals surface area contributed by atoms with Crippen LogP contribution in [0.25, 0.3) is 0 Å². The highest BCUT2D eigenvalue weighted by Gasteiger charge is 2.33. The van der Waals surface area contributed by atoms with Crippen LogP contribution < -0.4 is 0 Å². The summed E-state index contributed by atoms with van der Waals surface area (Å²) in [6.45, 7) is 5.06. The molecule has 2 saturated heterocycles. The van der Waals surface area contributed by atoms with Gasteiger partial charge in [-0.25, -0.2) is 0 Å². The normalized spacial score (nSPS) is 33.8. The summed E-state index contributed by atoms with van der Waals surface area (Å²) in [7, 11) is 0. The highest BCUT2D eigenvalue weighted by molar-refractivity contribution is 5.79. The van der Waals surface area contributed by atoms with Gasteiger partial charge in [0.25, 0.3) is 0 Å². The summed E-state index contributed by atoms with van der Waals surface area (Å²) in [5.41, 5.74) is 0.0175. The van der Waals surface area contributed by atoms with Crippen molar-refractivity contribution in [2.45, 2.75) is 44.6 Å². The highest BCUT2D eigenvalue weighted by atomic mass is 16.5. The topological polar surface area (TPSA) is 36.3 Å². The molecule has 3 nitrogen and oxygen atoms in total. The van der Waals surface area contributed by atoms with Gasteiger partial charge in [-0.3, -0.25) is 5.41 Å². The first-order valence-electron chi connectivity index (χ1n) is 5.66. The Balaban J connectivity index is 1.91. The SMILES string of the molecule is CC1(CN2CCCCC2=N)CCCO1. The van der Waals surface area contributed by atoms with Crippen molar-refractivity contribution in [3.63, 3.8) is 0 Å². The maximum Gasteiger partial charge on any atom is 0.0958 e. The average molecular weight is 196 g/mol. The molecule has 0 aromatic heterocycles. The second-order valence-electron chi connectivity index (χ2n) is 4.73. The Labute approximate surface area is 85.9 Å². The van der Waals surface area contributed by atoms with E-state index in [0.717, 1.165) is 38.4 Å². The van der Waals surface area contributed by atoms with E-state index in [9.17, 15) is 0 Å². The molecule has 80 valence electrons. The summed E-state index contributed by atoms with van der Waals surface area (Å²) in [6.07, 6.45) is 5.70. The van der Waals surface area contributed by atoms with Crippen LogP contribution in [0.4, 0.5) is 0 Å². The number of nitrogens with one attached hydrogen (secondary N) is 1. The van der Waals surface area contributed by atoms with Crippen molar-refractivity contribution in [2.24, 2.45) is 0 Å². The van der Waals surface area contributed by atoms with Gasteiger partial charge in [0.2, 0.25) is 0 Å². The van der Waals surface area contributed by atoms with Crippen LogP contribution in [-0.4, -0.2) is 36.0 Å². The van der Waals surface area contributed by atoms with Gasteiger partial charge in [-0.15, -0.1) is 0 Å². The molecule has 0 aromatic rings. The minimum atomic E-state index is 0.0175. The van der Waals surface area contributed by atoms with Gasteiger partial charge >= 0.3 is 0 Å². The lowest BCUT2D eigenvalue weighted by Gasteiger charge is -2.35. The van der Waals surface area contributed by atoms with E-state index in [1.807, 2.05) is 0 Å². The van der Waals surface area contributed by atoms with Crippen molar-refractivity contribution in [1.82, 2.24) is 4.90 Å². The van der Waals surface area contributed by atoms with Crippen molar-refractivity contribution in [2.75, 3.05) is 19.7 Å². The van der Waals surface area contributed by atoms with Gasteiger partial charge in [0.05, 0.1) is 11.4 Å². The van der Waals surface area contributed by atoms with Gasteiger partial charge in [-0.1, -0.05) is 0 Å². The molecular weight excluding hydrogens is 176 g/mol. The average Bonchev–Trinajstić information content (AvgIpc) is 2.57. The largest absolute Gasteiger partial charge is 0.373 e. The Kier molecular flexibility index (Phi) is 2.77. The molecule has 2 fully saturated rings. The molecule has 0 bridgehead atoms. The zero-order chi connectivity index (χ0) is 10.0. The molecule has 2 aliphatic rings. The molecular formula is C11H20N2O. The van der Waals surface area contributed by atoms with E-state index in [0.29, 0.717) is 0 Å². The number of rotatable bonds is 2. The molecule has 3 heteroatoms. The molecule has 2 rings (SSSR count). The van der Waals surface area contributed by atoms with E-state index in [1.165, 1.54) is 19.3 Å². The van der Waals surface area contributed by atoms with Gasteiger partial charge in [0, 0.05) is 26.1 Å². The first kappa shape index (κ1) is 9.97. The van der Waals surface area contributed by atoms with Crippen molar-refractivity contribution in [1.29, 1.82) is 5.41 Å². The summed E-state index contributed by atoms with van der Waals surface area (Å²) in [6, 6.07) is 0. The van der Waals surface area contributed by atoms with Crippen LogP contribution in [0.1, 0.15) is 39.0 Å². The molecule has 1 unspecified atom stereocenters. The summed E-state index contributed by atoms with van der Waals surface area (Å²) < 4.78 is 5.75. The first-order valence-corrected chi connectivity index (χ1v) is 5.66. The van der Waals surface area contributed by atoms with Gasteiger partial charge in [0.1, 0.15) is 0 Å². The lowest BCUT2D eigenvalue weighted by Crippen LogP contribution is -2.45. The predicted octanol–water partition coefficient (Wildman–Crippen LogP) is 2.02. The van der Waals surface area contributed by atoms with Gasteiger partial charge < -0.3 is 9.64 Å². The molecule has 2 aliphatic heterocycles. The second-order valence-corrected chi connectivity index (χ2v) is 4.73. The van der Waals surface area contributed by atoms with Crippen LogP contribution in [0.3, 0.4) is 0 Å². The Morgan fingerprint density at radius 1 is 1.43 bits per heavy atom. The Morgan fingerprint density at radius 3 is 2.93 bits per heavy atom. The van der Waals surface area contributed by atoms with E-state index < -0.39 is 0 Å². The number of ether oxygens (including phenoxy) is 1. The molecule has 0 amide bonds. The number of amidine groups is 1. The zero-order valence-corrected chi connectivity index (χ0v) is 9.01. The molecule has 2 heterocycles. The fraction of sp³-hybridized carbons (Fsp3) is 0.909. The number of piperidine rings is 1. The fourth-order valence-corrected chi connectivity index (χ4v) is 2.43. The van der Waals surface area contributed by atoms with Crippen molar-refractivity contribution >= 4 is 5.84 Å². The van der Waals surface area contributed by atoms with E-state index >= 15 is 0 Å². The maximum atomic E-state index is 7.87. The summed E-state index contributed by atoms with van der Waals surface area (Å²) in [5, 5.41) is 7.87. The fourth-order valence-electron chi connectivity index (χ4n) is 2.43. The maximum absolute atomic E-state index is 7.87. The molecule has 1 N–H and O–H groups in total. The second kappa shape index (κ2) is 3.89. The highest BCUT2D eigenvalue weighted by Crippen LogP contribution is 2.27. The van der Waals surface area contributed by atoms with Crippen molar-refractivity contribution < 1.29 is 4.74 Å². The molecule has 14 heavy (non-hydrogen) atoms. The summed E-state index contributed by atoms with van der Waals surface area (Å²) in [4.78, 5) is 2.20. The van der Waals surface area contributed by atoms with Crippen molar-refractivity contribution in [3.05, 3.63) is 0 Å². The molecule has 0 radical (unpaired) electrons. The first-order chi connectivity index (χ1) is 6.70. The van der Waals surface area contributed by atoms with Crippen LogP contribution in [-0.2, 0) is 4.74 Å². The number of likely N-dealkylation sites (tertiary alicyclic amines) is 1. The van der Waals surface area contributed by atoms with Crippen molar-refractivity contribution in [3.8, 4) is 0 Å². The van der Waals surface area contributed by atoms with Crippen LogP contribution in [0.2, 0.25) is 0 Å². The number of hydrogen-bond acceptors (Lipinski definition) is 2. The van der Waals surface area contributed by atoms with Crippen LogP contribution in [0.15, 0.2) is 0 Å². The molecule has 0 spiro atoms. The Morgan fingerprint density at radius 2 is 2.29 bits per heavy atom. The minimum Gasteiger partial charge on any atom is -0.373 e. The molecule has 0 aliphatic carbocycles. The zero-order valence-electron chi connectivity index (χ0n) is 9.01. The third-order valence-electron chi connectivity index (χ3n) is 3.30. The third-order valence-corrected chi connectivity index (χ3v) is 3.30. The number of hydrogen-bond donors (Lipinski definition) is 1. The minimum absolute atomic E-state index is 0.0175.